The number of hydrogen-bond donors (Lipinski definition) is 2. The first-order chi connectivity index (χ1) is 3.30. The van der Waals surface area contributed by atoms with E-state index in [1.54, 1.807) is 11.9 Å². The molecule has 0 spiro atoms. The second kappa shape index (κ2) is 2.03. The van der Waals surface area contributed by atoms with Gasteiger partial charge < -0.3 is 0 Å². The maximum atomic E-state index is 3.08. The molecule has 2 N–H and O–H groups in total. The van der Waals surface area contributed by atoms with Gasteiger partial charge in [0.2, 0.25) is 0 Å². The first kappa shape index (κ1) is 5.41. The molecule has 0 aromatic heterocycles. The molecule has 1 heterocycles. The lowest BCUT2D eigenvalue weighted by molar-refractivity contribution is 0.575. The van der Waals surface area contributed by atoms with Crippen molar-refractivity contribution in [3.63, 3.8) is 0 Å². The highest BCUT2D eigenvalue weighted by Crippen LogP contribution is 2.13. The van der Waals surface area contributed by atoms with Gasteiger partial charge in [0, 0.05) is 11.3 Å². The molecule has 0 radical (unpaired) electrons. The van der Waals surface area contributed by atoms with Crippen molar-refractivity contribution in [2.45, 2.75) is 25.1 Å². The number of nitrogens with one attached hydrogen (secondary N) is 2. The molecule has 1 unspecified atom stereocenters. The smallest absolute Gasteiger partial charge is 0.0341 e. The minimum absolute atomic E-state index is 0.616. The van der Waals surface area contributed by atoms with E-state index >= 15 is 0 Å². The Morgan fingerprint density at radius 3 is 2.29 bits per heavy atom. The molecule has 1 aliphatic rings. The molecular formula is C4H10N2S. The Hall–Kier alpha value is 0.270. The second-order valence-electron chi connectivity index (χ2n) is 1.86. The number of hydrogen-bond acceptors (Lipinski definition) is 3. The number of hydrazine groups is 1. The van der Waals surface area contributed by atoms with Crippen LogP contribution in [0, 0.1) is 0 Å². The highest BCUT2D eigenvalue weighted by Gasteiger charge is 2.17. The van der Waals surface area contributed by atoms with Gasteiger partial charge in [0.05, 0.1) is 0 Å². The summed E-state index contributed by atoms with van der Waals surface area (Å²) >= 11 is 1.74. The Labute approximate surface area is 48.2 Å². The standard InChI is InChI=1S/C4H10N2S/c1-3-4(2)7-6-5-3/h3-6H,1-2H3/t3?,4-/m1/s1. The quantitative estimate of drug-likeness (QED) is 0.453. The van der Waals surface area contributed by atoms with Crippen LogP contribution in [0.2, 0.25) is 0 Å². The van der Waals surface area contributed by atoms with Crippen molar-refractivity contribution in [2.24, 2.45) is 0 Å². The molecule has 0 aromatic carbocycles. The van der Waals surface area contributed by atoms with Gasteiger partial charge in [-0.3, -0.25) is 0 Å². The van der Waals surface area contributed by atoms with Gasteiger partial charge in [-0.15, -0.1) is 0 Å². The largest absolute Gasteiger partial charge is 0.244 e. The van der Waals surface area contributed by atoms with Crippen molar-refractivity contribution in [1.82, 2.24) is 10.3 Å². The monoisotopic (exact) mass is 118 g/mol. The Morgan fingerprint density at radius 2 is 2.14 bits per heavy atom. The van der Waals surface area contributed by atoms with Crippen LogP contribution in [-0.4, -0.2) is 11.3 Å². The van der Waals surface area contributed by atoms with E-state index in [1.807, 2.05) is 0 Å². The molecule has 7 heavy (non-hydrogen) atoms. The van der Waals surface area contributed by atoms with Gasteiger partial charge in [-0.1, -0.05) is 18.9 Å². The zero-order chi connectivity index (χ0) is 5.28. The first-order valence-electron chi connectivity index (χ1n) is 2.47. The van der Waals surface area contributed by atoms with Crippen molar-refractivity contribution < 1.29 is 0 Å². The summed E-state index contributed by atoms with van der Waals surface area (Å²) in [4.78, 5) is 2.99. The fourth-order valence-electron chi connectivity index (χ4n) is 0.439. The van der Waals surface area contributed by atoms with Crippen LogP contribution in [0.5, 0.6) is 0 Å². The van der Waals surface area contributed by atoms with Crippen LogP contribution in [0.15, 0.2) is 0 Å². The molecule has 0 aromatic rings. The third-order valence-corrected chi connectivity index (χ3v) is 2.25. The molecule has 0 saturated carbocycles. The highest BCUT2D eigenvalue weighted by molar-refractivity contribution is 7.98. The van der Waals surface area contributed by atoms with Crippen LogP contribution in [0.1, 0.15) is 13.8 Å². The average molecular weight is 118 g/mol. The summed E-state index contributed by atoms with van der Waals surface area (Å²) < 4.78 is 0. The zero-order valence-electron chi connectivity index (χ0n) is 4.56. The Kier molecular flexibility index (Phi) is 1.57. The summed E-state index contributed by atoms with van der Waals surface area (Å²) in [5.41, 5.74) is 3.08. The summed E-state index contributed by atoms with van der Waals surface area (Å²) in [6, 6.07) is 0.616. The lowest BCUT2D eigenvalue weighted by atomic mass is 10.3. The van der Waals surface area contributed by atoms with Gasteiger partial charge in [-0.05, 0) is 6.92 Å². The molecular weight excluding hydrogens is 108 g/mol. The van der Waals surface area contributed by atoms with E-state index in [4.69, 9.17) is 0 Å². The Bertz CT molecular complexity index is 58.7. The summed E-state index contributed by atoms with van der Waals surface area (Å²) in [6.07, 6.45) is 0. The normalized spacial score (nSPS) is 42.0. The van der Waals surface area contributed by atoms with Crippen LogP contribution >= 0.6 is 11.9 Å². The van der Waals surface area contributed by atoms with Crippen molar-refractivity contribution in [1.29, 1.82) is 0 Å². The Morgan fingerprint density at radius 1 is 1.43 bits per heavy atom. The van der Waals surface area contributed by atoms with E-state index in [1.165, 1.54) is 0 Å². The maximum Gasteiger partial charge on any atom is 0.0341 e. The molecule has 42 valence electrons. The summed E-state index contributed by atoms with van der Waals surface area (Å²) in [5.74, 6) is 0. The highest BCUT2D eigenvalue weighted by atomic mass is 32.2. The van der Waals surface area contributed by atoms with Gasteiger partial charge in [0.1, 0.15) is 0 Å². The Balaban J connectivity index is 2.33. The molecule has 3 heteroatoms. The molecule has 1 rings (SSSR count). The summed E-state index contributed by atoms with van der Waals surface area (Å²) in [6.45, 7) is 4.36. The molecule has 1 saturated heterocycles. The van der Waals surface area contributed by atoms with E-state index in [9.17, 15) is 0 Å². The number of rotatable bonds is 0. The lowest BCUT2D eigenvalue weighted by Crippen LogP contribution is -2.28. The van der Waals surface area contributed by atoms with Crippen LogP contribution in [0.4, 0.5) is 0 Å². The van der Waals surface area contributed by atoms with Crippen molar-refractivity contribution in [2.75, 3.05) is 0 Å². The minimum Gasteiger partial charge on any atom is -0.244 e. The van der Waals surface area contributed by atoms with E-state index in [0.29, 0.717) is 11.3 Å². The van der Waals surface area contributed by atoms with E-state index in [0.717, 1.165) is 0 Å². The SMILES string of the molecule is CC1NNS[C@@H]1C. The first-order valence-corrected chi connectivity index (χ1v) is 3.35. The topological polar surface area (TPSA) is 24.1 Å². The predicted octanol–water partition coefficient (Wildman–Crippen LogP) is 0.519. The fraction of sp³-hybridized carbons (Fsp3) is 1.00. The van der Waals surface area contributed by atoms with Gasteiger partial charge in [0.25, 0.3) is 0 Å². The third kappa shape index (κ3) is 1.08. The maximum absolute atomic E-state index is 3.08. The van der Waals surface area contributed by atoms with Crippen LogP contribution in [0.25, 0.3) is 0 Å². The van der Waals surface area contributed by atoms with Crippen LogP contribution in [0.3, 0.4) is 0 Å². The van der Waals surface area contributed by atoms with Gasteiger partial charge >= 0.3 is 0 Å². The molecule has 2 atom stereocenters. The molecule has 1 fully saturated rings. The summed E-state index contributed by atoms with van der Waals surface area (Å²) in [5, 5.41) is 0.708. The second-order valence-corrected chi connectivity index (χ2v) is 3.04. The van der Waals surface area contributed by atoms with Crippen molar-refractivity contribution in [3.8, 4) is 0 Å². The van der Waals surface area contributed by atoms with Gasteiger partial charge in [-0.2, -0.15) is 0 Å². The molecule has 1 aliphatic heterocycles. The minimum atomic E-state index is 0.616. The van der Waals surface area contributed by atoms with Crippen LogP contribution < -0.4 is 10.3 Å². The lowest BCUT2D eigenvalue weighted by Gasteiger charge is -2.02. The van der Waals surface area contributed by atoms with Gasteiger partial charge in [0.15, 0.2) is 0 Å². The molecule has 2 nitrogen and oxygen atoms in total. The fourth-order valence-corrected chi connectivity index (χ4v) is 1.15. The van der Waals surface area contributed by atoms with Crippen molar-refractivity contribution in [3.05, 3.63) is 0 Å². The molecule has 0 aliphatic carbocycles. The molecule has 0 amide bonds. The van der Waals surface area contributed by atoms with E-state index in [-0.39, 0.29) is 0 Å². The zero-order valence-corrected chi connectivity index (χ0v) is 5.38. The van der Waals surface area contributed by atoms with Gasteiger partial charge in [-0.25, -0.2) is 10.3 Å². The van der Waals surface area contributed by atoms with Crippen LogP contribution in [-0.2, 0) is 0 Å². The summed E-state index contributed by atoms with van der Waals surface area (Å²) in [7, 11) is 0. The predicted molar refractivity (Wildman–Crippen MR) is 32.8 cm³/mol. The third-order valence-electron chi connectivity index (χ3n) is 1.24. The molecule has 0 bridgehead atoms. The van der Waals surface area contributed by atoms with E-state index < -0.39 is 0 Å². The van der Waals surface area contributed by atoms with Crippen molar-refractivity contribution >= 4 is 11.9 Å². The van der Waals surface area contributed by atoms with E-state index in [2.05, 4.69) is 24.1 Å². The average Bonchev–Trinajstić information content (AvgIpc) is 1.91.